The summed E-state index contributed by atoms with van der Waals surface area (Å²) in [5.41, 5.74) is 2.23. The molecule has 1 aromatic carbocycles. The lowest BCUT2D eigenvalue weighted by Crippen LogP contribution is -1.92. The molecule has 1 aromatic rings. The van der Waals surface area contributed by atoms with Gasteiger partial charge in [0.25, 0.3) is 0 Å². The van der Waals surface area contributed by atoms with E-state index in [1.54, 1.807) is 6.08 Å². The second-order valence-electron chi connectivity index (χ2n) is 3.12. The van der Waals surface area contributed by atoms with Crippen LogP contribution in [0, 0.1) is 0 Å². The van der Waals surface area contributed by atoms with E-state index in [4.69, 9.17) is 4.84 Å². The van der Waals surface area contributed by atoms with Gasteiger partial charge in [0.1, 0.15) is 12.8 Å². The molecule has 1 radical (unpaired) electrons. The SMILES string of the molecule is C=CCCON=[C]c1ccccc1CC. The highest BCUT2D eigenvalue weighted by Gasteiger charge is 1.96. The van der Waals surface area contributed by atoms with Crippen molar-refractivity contribution >= 4 is 6.21 Å². The van der Waals surface area contributed by atoms with Gasteiger partial charge in [-0.15, -0.1) is 6.58 Å². The Bertz CT molecular complexity index is 331. The summed E-state index contributed by atoms with van der Waals surface area (Å²) in [5, 5.41) is 3.79. The van der Waals surface area contributed by atoms with E-state index < -0.39 is 0 Å². The number of hydrogen-bond acceptors (Lipinski definition) is 2. The molecule has 0 fully saturated rings. The van der Waals surface area contributed by atoms with Crippen LogP contribution in [0.5, 0.6) is 0 Å². The monoisotopic (exact) mass is 202 g/mol. The van der Waals surface area contributed by atoms with Crippen LogP contribution in [0.15, 0.2) is 42.1 Å². The molecular formula is C13H16NO. The van der Waals surface area contributed by atoms with E-state index in [0.29, 0.717) is 6.61 Å². The first kappa shape index (κ1) is 11.5. The average molecular weight is 202 g/mol. The van der Waals surface area contributed by atoms with Gasteiger partial charge in [0.2, 0.25) is 0 Å². The van der Waals surface area contributed by atoms with E-state index >= 15 is 0 Å². The van der Waals surface area contributed by atoms with Crippen molar-refractivity contribution in [3.05, 3.63) is 48.0 Å². The number of hydrogen-bond donors (Lipinski definition) is 0. The molecule has 0 bridgehead atoms. The highest BCUT2D eigenvalue weighted by molar-refractivity contribution is 5.81. The molecule has 0 aromatic heterocycles. The molecule has 0 spiro atoms. The van der Waals surface area contributed by atoms with Gasteiger partial charge in [0.15, 0.2) is 0 Å². The summed E-state index contributed by atoms with van der Waals surface area (Å²) in [5.74, 6) is 0. The third-order valence-electron chi connectivity index (χ3n) is 2.04. The Kier molecular flexibility index (Phi) is 5.23. The zero-order valence-electron chi connectivity index (χ0n) is 9.07. The summed E-state index contributed by atoms with van der Waals surface area (Å²) in [6.45, 7) is 6.27. The number of benzene rings is 1. The first-order valence-electron chi connectivity index (χ1n) is 5.15. The minimum absolute atomic E-state index is 0.560. The molecule has 0 saturated carbocycles. The van der Waals surface area contributed by atoms with Crippen molar-refractivity contribution in [2.75, 3.05) is 6.61 Å². The van der Waals surface area contributed by atoms with Crippen LogP contribution in [0.25, 0.3) is 0 Å². The molecule has 0 aliphatic rings. The Balaban J connectivity index is 2.51. The van der Waals surface area contributed by atoms with Crippen LogP contribution in [0.1, 0.15) is 24.5 Å². The van der Waals surface area contributed by atoms with Crippen LogP contribution in [0.3, 0.4) is 0 Å². The minimum atomic E-state index is 0.560. The maximum atomic E-state index is 5.02. The Morgan fingerprint density at radius 3 is 3.00 bits per heavy atom. The van der Waals surface area contributed by atoms with Gasteiger partial charge in [0, 0.05) is 12.0 Å². The summed E-state index contributed by atoms with van der Waals surface area (Å²) < 4.78 is 0. The average Bonchev–Trinajstić information content (AvgIpc) is 2.29. The zero-order chi connectivity index (χ0) is 10.9. The van der Waals surface area contributed by atoms with Crippen molar-refractivity contribution in [3.8, 4) is 0 Å². The summed E-state index contributed by atoms with van der Waals surface area (Å²) >= 11 is 0. The van der Waals surface area contributed by atoms with Crippen LogP contribution in [-0.2, 0) is 11.3 Å². The second-order valence-corrected chi connectivity index (χ2v) is 3.12. The highest BCUT2D eigenvalue weighted by Crippen LogP contribution is 2.06. The largest absolute Gasteiger partial charge is 0.395 e. The van der Waals surface area contributed by atoms with E-state index in [1.165, 1.54) is 5.56 Å². The smallest absolute Gasteiger partial charge is 0.139 e. The molecule has 79 valence electrons. The van der Waals surface area contributed by atoms with Crippen LogP contribution in [0.2, 0.25) is 0 Å². The molecule has 0 amide bonds. The van der Waals surface area contributed by atoms with E-state index in [1.807, 2.05) is 18.2 Å². The summed E-state index contributed by atoms with van der Waals surface area (Å²) in [4.78, 5) is 5.02. The molecule has 0 aliphatic carbocycles. The summed E-state index contributed by atoms with van der Waals surface area (Å²) in [7, 11) is 0. The number of nitrogens with zero attached hydrogens (tertiary/aromatic N) is 1. The van der Waals surface area contributed by atoms with E-state index in [0.717, 1.165) is 18.4 Å². The van der Waals surface area contributed by atoms with Crippen molar-refractivity contribution in [2.45, 2.75) is 19.8 Å². The van der Waals surface area contributed by atoms with Gasteiger partial charge in [-0.1, -0.05) is 42.4 Å². The maximum Gasteiger partial charge on any atom is 0.139 e. The molecule has 1 rings (SSSR count). The lowest BCUT2D eigenvalue weighted by Gasteiger charge is -2.00. The third kappa shape index (κ3) is 3.98. The lowest BCUT2D eigenvalue weighted by atomic mass is 10.1. The van der Waals surface area contributed by atoms with Gasteiger partial charge < -0.3 is 4.84 Å². The van der Waals surface area contributed by atoms with Crippen LogP contribution < -0.4 is 0 Å². The van der Waals surface area contributed by atoms with Crippen molar-refractivity contribution in [1.82, 2.24) is 0 Å². The van der Waals surface area contributed by atoms with Gasteiger partial charge in [-0.25, -0.2) is 0 Å². The van der Waals surface area contributed by atoms with Crippen molar-refractivity contribution in [3.63, 3.8) is 0 Å². The van der Waals surface area contributed by atoms with Crippen LogP contribution >= 0.6 is 0 Å². The molecule has 15 heavy (non-hydrogen) atoms. The molecule has 2 nitrogen and oxygen atoms in total. The Morgan fingerprint density at radius 2 is 2.27 bits per heavy atom. The second kappa shape index (κ2) is 6.82. The van der Waals surface area contributed by atoms with Gasteiger partial charge in [-0.05, 0) is 12.0 Å². The van der Waals surface area contributed by atoms with E-state index in [-0.39, 0.29) is 0 Å². The molecule has 0 saturated heterocycles. The van der Waals surface area contributed by atoms with Crippen molar-refractivity contribution in [1.29, 1.82) is 0 Å². The highest BCUT2D eigenvalue weighted by atomic mass is 16.6. The third-order valence-corrected chi connectivity index (χ3v) is 2.04. The van der Waals surface area contributed by atoms with Crippen molar-refractivity contribution in [2.24, 2.45) is 5.16 Å². The fraction of sp³-hybridized carbons (Fsp3) is 0.308. The van der Waals surface area contributed by atoms with Gasteiger partial charge in [-0.3, -0.25) is 0 Å². The summed E-state index contributed by atoms with van der Waals surface area (Å²) in [6, 6.07) is 8.05. The van der Waals surface area contributed by atoms with Gasteiger partial charge >= 0.3 is 0 Å². The zero-order valence-corrected chi connectivity index (χ0v) is 9.07. The quantitative estimate of drug-likeness (QED) is 0.301. The molecule has 0 aliphatic heterocycles. The van der Waals surface area contributed by atoms with E-state index in [9.17, 15) is 0 Å². The Labute approximate surface area is 91.3 Å². The van der Waals surface area contributed by atoms with Gasteiger partial charge in [0.05, 0.1) is 0 Å². The predicted molar refractivity (Wildman–Crippen MR) is 63.1 cm³/mol. The fourth-order valence-corrected chi connectivity index (χ4v) is 1.20. The van der Waals surface area contributed by atoms with Crippen LogP contribution in [0.4, 0.5) is 0 Å². The normalized spacial score (nSPS) is 10.5. The lowest BCUT2D eigenvalue weighted by molar-refractivity contribution is 0.151. The Hall–Kier alpha value is -1.57. The van der Waals surface area contributed by atoms with E-state index in [2.05, 4.69) is 30.9 Å². The fourth-order valence-electron chi connectivity index (χ4n) is 1.20. The van der Waals surface area contributed by atoms with Gasteiger partial charge in [-0.2, -0.15) is 0 Å². The summed E-state index contributed by atoms with van der Waals surface area (Å²) in [6.07, 6.45) is 6.48. The molecule has 0 heterocycles. The van der Waals surface area contributed by atoms with Crippen LogP contribution in [-0.4, -0.2) is 12.8 Å². The molecule has 0 N–H and O–H groups in total. The predicted octanol–water partition coefficient (Wildman–Crippen LogP) is 3.05. The molecule has 0 unspecified atom stereocenters. The molecular weight excluding hydrogens is 186 g/mol. The first-order chi connectivity index (χ1) is 7.38. The molecule has 0 atom stereocenters. The molecule has 2 heteroatoms. The maximum absolute atomic E-state index is 5.02. The number of rotatable bonds is 6. The van der Waals surface area contributed by atoms with Crippen molar-refractivity contribution < 1.29 is 4.84 Å². The Morgan fingerprint density at radius 1 is 1.47 bits per heavy atom. The standard InChI is InChI=1S/C13H16NO/c1-3-5-10-15-14-11-13-9-7-6-8-12(13)4-2/h3,6-9H,1,4-5,10H2,2H3. The topological polar surface area (TPSA) is 21.6 Å². The minimum Gasteiger partial charge on any atom is -0.395 e. The number of aryl methyl sites for hydroxylation is 1. The first-order valence-corrected chi connectivity index (χ1v) is 5.15.